The third-order valence-electron chi connectivity index (χ3n) is 4.57. The van der Waals surface area contributed by atoms with Gasteiger partial charge in [-0.2, -0.15) is 8.42 Å². The van der Waals surface area contributed by atoms with Crippen LogP contribution in [0, 0.1) is 0 Å². The first-order chi connectivity index (χ1) is 14.0. The van der Waals surface area contributed by atoms with Gasteiger partial charge in [-0.3, -0.25) is 4.79 Å². The zero-order valence-electron chi connectivity index (χ0n) is 15.0. The summed E-state index contributed by atoms with van der Waals surface area (Å²) in [5.74, 6) is -0.797. The fourth-order valence-corrected chi connectivity index (χ4v) is 6.35. The number of nitrogens with one attached hydrogen (secondary N) is 3. The number of hydrogen-bond donors (Lipinski definition) is 4. The van der Waals surface area contributed by atoms with Crippen molar-refractivity contribution in [2.24, 2.45) is 4.40 Å². The summed E-state index contributed by atoms with van der Waals surface area (Å²) in [6, 6.07) is 3.25. The summed E-state index contributed by atoms with van der Waals surface area (Å²) in [5.41, 5.74) is 0.151. The minimum atomic E-state index is -4.27. The third kappa shape index (κ3) is 2.79. The van der Waals surface area contributed by atoms with E-state index in [4.69, 9.17) is 4.42 Å². The number of hydrogen-bond acceptors (Lipinski definition) is 9. The van der Waals surface area contributed by atoms with Gasteiger partial charge in [0.25, 0.3) is 15.6 Å². The van der Waals surface area contributed by atoms with Gasteiger partial charge in [0.1, 0.15) is 26.8 Å². The number of rotatable bonds is 4. The summed E-state index contributed by atoms with van der Waals surface area (Å²) >= 11 is 1.01. The maximum Gasteiger partial charge on any atom is 0.287 e. The van der Waals surface area contributed by atoms with Gasteiger partial charge in [-0.25, -0.2) is 13.1 Å². The van der Waals surface area contributed by atoms with Gasteiger partial charge in [0.15, 0.2) is 11.4 Å². The second-order valence-electron chi connectivity index (χ2n) is 6.64. The summed E-state index contributed by atoms with van der Waals surface area (Å²) in [6.45, 7) is -0.234. The SMILES string of the molecule is CS(=O)(=O)NCc1csc2c1S(=O)(=O)N=C(c1c(O)c3c4ccc(o4)c3[nH]c1=O)N2. The average Bonchev–Trinajstić information content (AvgIpc) is 3.33. The molecule has 2 bridgehead atoms. The lowest BCUT2D eigenvalue weighted by molar-refractivity contribution is 0.479. The quantitative estimate of drug-likeness (QED) is 0.345. The van der Waals surface area contributed by atoms with Crippen LogP contribution in [-0.4, -0.2) is 39.0 Å². The highest BCUT2D eigenvalue weighted by atomic mass is 32.2. The van der Waals surface area contributed by atoms with Gasteiger partial charge in [0, 0.05) is 12.1 Å². The molecule has 5 heterocycles. The summed E-state index contributed by atoms with van der Waals surface area (Å²) in [5, 5.41) is 15.3. The minimum Gasteiger partial charge on any atom is -0.506 e. The molecule has 1 aliphatic heterocycles. The lowest BCUT2D eigenvalue weighted by Gasteiger charge is -2.16. The van der Waals surface area contributed by atoms with Crippen molar-refractivity contribution in [2.75, 3.05) is 11.6 Å². The molecule has 11 nitrogen and oxygen atoms in total. The molecular formula is C16H12N4O7S3. The molecule has 5 rings (SSSR count). The molecule has 14 heteroatoms. The standard InChI is InChI=1S/C16H12N4O7S3/c1-29(23,24)17-4-6-5-28-16-13(6)30(25,26)20-14(19-16)10-12(21)9-7-2-3-8(27-7)11(9)18-15(10)22/h2-3,5,17H,4H2,1H3,(H,19,20)(H2,18,21,22). The van der Waals surface area contributed by atoms with Crippen molar-refractivity contribution in [1.29, 1.82) is 0 Å². The van der Waals surface area contributed by atoms with Crippen LogP contribution in [0.4, 0.5) is 5.00 Å². The van der Waals surface area contributed by atoms with Crippen LogP contribution in [0.15, 0.2) is 36.0 Å². The Hall–Kier alpha value is -2.94. The van der Waals surface area contributed by atoms with Gasteiger partial charge in [-0.15, -0.1) is 15.7 Å². The fraction of sp³-hybridized carbons (Fsp3) is 0.125. The van der Waals surface area contributed by atoms with Gasteiger partial charge in [-0.05, 0) is 17.5 Å². The molecule has 0 saturated heterocycles. The molecule has 0 saturated carbocycles. The average molecular weight is 468 g/mol. The van der Waals surface area contributed by atoms with E-state index in [2.05, 4.69) is 19.4 Å². The Balaban J connectivity index is 1.64. The van der Waals surface area contributed by atoms with Crippen LogP contribution in [0.1, 0.15) is 11.1 Å². The van der Waals surface area contributed by atoms with Crippen molar-refractivity contribution < 1.29 is 26.4 Å². The monoisotopic (exact) mass is 468 g/mol. The highest BCUT2D eigenvalue weighted by Gasteiger charge is 2.33. The van der Waals surface area contributed by atoms with Crippen LogP contribution in [0.25, 0.3) is 22.1 Å². The lowest BCUT2D eigenvalue weighted by atomic mass is 10.1. The Morgan fingerprint density at radius 2 is 2.03 bits per heavy atom. The zero-order chi connectivity index (χ0) is 21.4. The first-order valence-electron chi connectivity index (χ1n) is 8.32. The molecule has 4 aromatic rings. The Morgan fingerprint density at radius 3 is 2.77 bits per heavy atom. The van der Waals surface area contributed by atoms with Crippen LogP contribution >= 0.6 is 11.3 Å². The van der Waals surface area contributed by atoms with Crippen molar-refractivity contribution in [3.8, 4) is 5.75 Å². The molecule has 0 radical (unpaired) electrons. The summed E-state index contributed by atoms with van der Waals surface area (Å²) in [6.07, 6.45) is 0.958. The van der Waals surface area contributed by atoms with Crippen LogP contribution in [-0.2, 0) is 26.6 Å². The molecule has 0 aliphatic carbocycles. The molecule has 1 aliphatic rings. The molecule has 0 atom stereocenters. The molecule has 0 fully saturated rings. The molecule has 0 spiro atoms. The summed E-state index contributed by atoms with van der Waals surface area (Å²) < 4.78 is 59.6. The number of aromatic hydroxyl groups is 1. The molecule has 4 aromatic heterocycles. The molecule has 156 valence electrons. The number of sulfonamides is 2. The van der Waals surface area contributed by atoms with Gasteiger partial charge < -0.3 is 19.8 Å². The van der Waals surface area contributed by atoms with Crippen molar-refractivity contribution in [1.82, 2.24) is 9.71 Å². The van der Waals surface area contributed by atoms with E-state index in [1.807, 2.05) is 0 Å². The Labute approximate surface area is 172 Å². The first-order valence-corrected chi connectivity index (χ1v) is 12.5. The number of H-pyrrole nitrogens is 1. The number of furan rings is 2. The maximum absolute atomic E-state index is 12.8. The Morgan fingerprint density at radius 1 is 1.30 bits per heavy atom. The minimum absolute atomic E-state index is 0.157. The van der Waals surface area contributed by atoms with E-state index in [-0.39, 0.29) is 38.8 Å². The second kappa shape index (κ2) is 6.04. The number of pyridine rings is 1. The number of benzene rings is 1. The van der Waals surface area contributed by atoms with E-state index in [0.29, 0.717) is 16.7 Å². The second-order valence-corrected chi connectivity index (χ2v) is 10.9. The number of aromatic nitrogens is 1. The van der Waals surface area contributed by atoms with E-state index in [9.17, 15) is 26.7 Å². The number of thiophene rings is 1. The van der Waals surface area contributed by atoms with Crippen LogP contribution in [0.2, 0.25) is 0 Å². The fourth-order valence-electron chi connectivity index (χ4n) is 3.33. The Kier molecular flexibility index (Phi) is 3.83. The van der Waals surface area contributed by atoms with Crippen LogP contribution in [0.5, 0.6) is 5.75 Å². The summed E-state index contributed by atoms with van der Waals surface area (Å²) in [4.78, 5) is 15.0. The smallest absolute Gasteiger partial charge is 0.287 e. The first kappa shape index (κ1) is 19.0. The highest BCUT2D eigenvalue weighted by molar-refractivity contribution is 7.91. The van der Waals surface area contributed by atoms with Crippen molar-refractivity contribution >= 4 is 64.3 Å². The largest absolute Gasteiger partial charge is 0.506 e. The summed E-state index contributed by atoms with van der Waals surface area (Å²) in [7, 11) is -7.81. The van der Waals surface area contributed by atoms with Crippen molar-refractivity contribution in [3.05, 3.63) is 39.0 Å². The molecule has 0 unspecified atom stereocenters. The van der Waals surface area contributed by atoms with Crippen molar-refractivity contribution in [2.45, 2.75) is 11.4 Å². The van der Waals surface area contributed by atoms with Crippen molar-refractivity contribution in [3.63, 3.8) is 0 Å². The molecule has 4 N–H and O–H groups in total. The third-order valence-corrected chi connectivity index (χ3v) is 7.72. The van der Waals surface area contributed by atoms with E-state index in [0.717, 1.165) is 17.6 Å². The van der Waals surface area contributed by atoms with Gasteiger partial charge in [0.2, 0.25) is 10.0 Å². The van der Waals surface area contributed by atoms with E-state index in [1.165, 1.54) is 5.38 Å². The van der Waals surface area contributed by atoms with Gasteiger partial charge in [-0.1, -0.05) is 0 Å². The molecule has 30 heavy (non-hydrogen) atoms. The predicted molar refractivity (Wildman–Crippen MR) is 111 cm³/mol. The topological polar surface area (TPSA) is 171 Å². The Bertz CT molecular complexity index is 1640. The molecular weight excluding hydrogens is 456 g/mol. The maximum atomic E-state index is 12.8. The van der Waals surface area contributed by atoms with Gasteiger partial charge >= 0.3 is 0 Å². The van der Waals surface area contributed by atoms with E-state index < -0.39 is 31.4 Å². The normalized spacial score (nSPS) is 16.0. The van der Waals surface area contributed by atoms with E-state index in [1.54, 1.807) is 12.1 Å². The van der Waals surface area contributed by atoms with E-state index >= 15 is 0 Å². The number of fused-ring (bicyclic) bond motifs is 6. The number of aromatic amines is 1. The van der Waals surface area contributed by atoms with Crippen LogP contribution in [0.3, 0.4) is 0 Å². The number of anilines is 1. The van der Waals surface area contributed by atoms with Crippen LogP contribution < -0.4 is 15.6 Å². The lowest BCUT2D eigenvalue weighted by Crippen LogP contribution is -2.29. The molecule has 0 aromatic carbocycles. The zero-order valence-corrected chi connectivity index (χ0v) is 17.5. The molecule has 0 amide bonds. The van der Waals surface area contributed by atoms with Gasteiger partial charge in [0.05, 0.1) is 17.2 Å². The number of nitrogens with zero attached hydrogens (tertiary/aromatic N) is 1. The predicted octanol–water partition coefficient (Wildman–Crippen LogP) is 1.09. The highest BCUT2D eigenvalue weighted by Crippen LogP contribution is 2.40. The number of amidine groups is 1.